The highest BCUT2D eigenvalue weighted by atomic mass is 16.5. The average Bonchev–Trinajstić information content (AvgIpc) is 2.26. The largest absolute Gasteiger partial charge is 0.445 e. The Morgan fingerprint density at radius 3 is 3.07 bits per heavy atom. The third-order valence-electron chi connectivity index (χ3n) is 1.69. The van der Waals surface area contributed by atoms with Gasteiger partial charge in [-0.05, 0) is 17.7 Å². The Kier molecular flexibility index (Phi) is 4.37. The number of amides is 1. The van der Waals surface area contributed by atoms with Crippen molar-refractivity contribution in [2.45, 2.75) is 6.61 Å². The number of aliphatic hydroxyl groups excluding tert-OH is 1. The molecule has 0 saturated carbocycles. The number of hydrogen-bond acceptors (Lipinski definition) is 3. The molecule has 0 radical (unpaired) electrons. The van der Waals surface area contributed by atoms with Crippen molar-refractivity contribution in [2.75, 3.05) is 11.9 Å². The molecule has 0 unspecified atom stereocenters. The second-order valence-corrected chi connectivity index (χ2v) is 2.87. The number of rotatable bonds is 4. The molecule has 0 spiro atoms. The summed E-state index contributed by atoms with van der Waals surface area (Å²) in [5.41, 5.74) is 1.33. The van der Waals surface area contributed by atoms with E-state index in [9.17, 15) is 4.79 Å². The predicted molar refractivity (Wildman–Crippen MR) is 57.5 cm³/mol. The minimum atomic E-state index is -0.537. The molecule has 1 aromatic carbocycles. The summed E-state index contributed by atoms with van der Waals surface area (Å²) < 4.78 is 4.74. The van der Waals surface area contributed by atoms with Gasteiger partial charge in [-0.25, -0.2) is 4.79 Å². The van der Waals surface area contributed by atoms with Gasteiger partial charge in [-0.3, -0.25) is 5.32 Å². The van der Waals surface area contributed by atoms with E-state index in [0.717, 1.165) is 5.56 Å². The molecule has 0 aliphatic rings. The predicted octanol–water partition coefficient (Wildman–Crippen LogP) is 1.91. The van der Waals surface area contributed by atoms with Gasteiger partial charge in [-0.2, -0.15) is 0 Å². The molecule has 15 heavy (non-hydrogen) atoms. The van der Waals surface area contributed by atoms with Crippen LogP contribution in [0.3, 0.4) is 0 Å². The number of carbonyl (C=O) groups is 1. The average molecular weight is 207 g/mol. The number of nitrogens with one attached hydrogen (secondary N) is 1. The van der Waals surface area contributed by atoms with Crippen molar-refractivity contribution in [3.63, 3.8) is 0 Å². The van der Waals surface area contributed by atoms with Crippen LogP contribution < -0.4 is 5.32 Å². The van der Waals surface area contributed by atoms with E-state index in [1.165, 1.54) is 6.08 Å². The lowest BCUT2D eigenvalue weighted by molar-refractivity contribution is 0.174. The Morgan fingerprint density at radius 1 is 1.60 bits per heavy atom. The van der Waals surface area contributed by atoms with Gasteiger partial charge in [-0.15, -0.1) is 0 Å². The second kappa shape index (κ2) is 5.82. The van der Waals surface area contributed by atoms with Crippen molar-refractivity contribution >= 4 is 11.8 Å². The summed E-state index contributed by atoms with van der Waals surface area (Å²) in [6, 6.07) is 6.90. The number of benzene rings is 1. The van der Waals surface area contributed by atoms with Gasteiger partial charge in [0.05, 0.1) is 6.61 Å². The first-order valence-corrected chi connectivity index (χ1v) is 4.50. The van der Waals surface area contributed by atoms with Crippen LogP contribution in [0, 0.1) is 0 Å². The number of hydrogen-bond donors (Lipinski definition) is 2. The Hall–Kier alpha value is -1.81. The first kappa shape index (κ1) is 11.3. The number of anilines is 1. The molecule has 4 heteroatoms. The molecule has 80 valence electrons. The van der Waals surface area contributed by atoms with Crippen molar-refractivity contribution in [1.29, 1.82) is 0 Å². The molecule has 1 aromatic rings. The fraction of sp³-hybridized carbons (Fsp3) is 0.182. The van der Waals surface area contributed by atoms with E-state index >= 15 is 0 Å². The molecule has 0 saturated heterocycles. The quantitative estimate of drug-likeness (QED) is 0.741. The third-order valence-corrected chi connectivity index (χ3v) is 1.69. The van der Waals surface area contributed by atoms with E-state index in [2.05, 4.69) is 11.9 Å². The van der Waals surface area contributed by atoms with Crippen molar-refractivity contribution in [3.05, 3.63) is 42.5 Å². The van der Waals surface area contributed by atoms with Gasteiger partial charge in [0, 0.05) is 5.69 Å². The Morgan fingerprint density at radius 2 is 2.40 bits per heavy atom. The summed E-state index contributed by atoms with van der Waals surface area (Å²) in [5.74, 6) is 0. The van der Waals surface area contributed by atoms with Crippen molar-refractivity contribution < 1.29 is 14.6 Å². The highest BCUT2D eigenvalue weighted by Crippen LogP contribution is 2.10. The highest BCUT2D eigenvalue weighted by molar-refractivity contribution is 5.84. The molecule has 0 bridgehead atoms. The highest BCUT2D eigenvalue weighted by Gasteiger charge is 2.01. The van der Waals surface area contributed by atoms with Crippen LogP contribution >= 0.6 is 0 Å². The maximum atomic E-state index is 11.1. The maximum Gasteiger partial charge on any atom is 0.411 e. The minimum absolute atomic E-state index is 0.0583. The van der Waals surface area contributed by atoms with Crippen LogP contribution in [0.5, 0.6) is 0 Å². The standard InChI is InChI=1S/C11H13NO3/c1-2-6-15-11(14)12-10-5-3-4-9(7-10)8-13/h2-5,7,13H,1,6,8H2,(H,12,14). The molecular formula is C11H13NO3. The molecule has 2 N–H and O–H groups in total. The van der Waals surface area contributed by atoms with E-state index in [0.29, 0.717) is 5.69 Å². The summed E-state index contributed by atoms with van der Waals surface area (Å²) in [4.78, 5) is 11.1. The molecule has 0 aliphatic carbocycles. The van der Waals surface area contributed by atoms with Crippen LogP contribution in [0.4, 0.5) is 10.5 Å². The van der Waals surface area contributed by atoms with E-state index in [-0.39, 0.29) is 13.2 Å². The second-order valence-electron chi connectivity index (χ2n) is 2.87. The van der Waals surface area contributed by atoms with Gasteiger partial charge in [0.2, 0.25) is 0 Å². The van der Waals surface area contributed by atoms with Gasteiger partial charge < -0.3 is 9.84 Å². The fourth-order valence-electron chi connectivity index (χ4n) is 1.04. The first-order chi connectivity index (χ1) is 7.26. The molecule has 0 fully saturated rings. The smallest absolute Gasteiger partial charge is 0.411 e. The van der Waals surface area contributed by atoms with E-state index in [4.69, 9.17) is 9.84 Å². The zero-order valence-corrected chi connectivity index (χ0v) is 8.27. The van der Waals surface area contributed by atoms with Crippen molar-refractivity contribution in [2.24, 2.45) is 0 Å². The summed E-state index contributed by atoms with van der Waals surface area (Å²) in [7, 11) is 0. The monoisotopic (exact) mass is 207 g/mol. The molecule has 0 heterocycles. The van der Waals surface area contributed by atoms with Crippen LogP contribution in [0.2, 0.25) is 0 Å². The summed E-state index contributed by atoms with van der Waals surface area (Å²) in [6.07, 6.45) is 0.953. The molecule has 4 nitrogen and oxygen atoms in total. The number of aliphatic hydroxyl groups is 1. The van der Waals surface area contributed by atoms with Crippen LogP contribution in [0.1, 0.15) is 5.56 Å². The molecule has 0 aromatic heterocycles. The first-order valence-electron chi connectivity index (χ1n) is 4.50. The van der Waals surface area contributed by atoms with Crippen LogP contribution in [-0.4, -0.2) is 17.8 Å². The van der Waals surface area contributed by atoms with Crippen molar-refractivity contribution in [1.82, 2.24) is 0 Å². The third kappa shape index (κ3) is 3.83. The molecular weight excluding hydrogens is 194 g/mol. The van der Waals surface area contributed by atoms with Gasteiger partial charge in [0.25, 0.3) is 0 Å². The summed E-state index contributed by atoms with van der Waals surface area (Å²) in [5, 5.41) is 11.4. The molecule has 0 atom stereocenters. The number of carbonyl (C=O) groups excluding carboxylic acids is 1. The summed E-state index contributed by atoms with van der Waals surface area (Å²) >= 11 is 0. The van der Waals surface area contributed by atoms with Gasteiger partial charge >= 0.3 is 6.09 Å². The minimum Gasteiger partial charge on any atom is -0.445 e. The van der Waals surface area contributed by atoms with E-state index in [1.807, 2.05) is 0 Å². The molecule has 1 rings (SSSR count). The fourth-order valence-corrected chi connectivity index (χ4v) is 1.04. The maximum absolute atomic E-state index is 11.1. The Balaban J connectivity index is 2.55. The van der Waals surface area contributed by atoms with E-state index in [1.54, 1.807) is 24.3 Å². The molecule has 0 aliphatic heterocycles. The zero-order valence-electron chi connectivity index (χ0n) is 8.27. The lowest BCUT2D eigenvalue weighted by atomic mass is 10.2. The Labute approximate surface area is 88.2 Å². The van der Waals surface area contributed by atoms with Crippen LogP contribution in [-0.2, 0) is 11.3 Å². The summed E-state index contributed by atoms with van der Waals surface area (Å²) in [6.45, 7) is 3.54. The van der Waals surface area contributed by atoms with Gasteiger partial charge in [0.15, 0.2) is 0 Å². The lowest BCUT2D eigenvalue weighted by Crippen LogP contribution is -2.13. The normalized spacial score (nSPS) is 9.40. The van der Waals surface area contributed by atoms with Crippen LogP contribution in [0.25, 0.3) is 0 Å². The zero-order chi connectivity index (χ0) is 11.1. The molecule has 1 amide bonds. The lowest BCUT2D eigenvalue weighted by Gasteiger charge is -2.06. The SMILES string of the molecule is C=CCOC(=O)Nc1cccc(CO)c1. The van der Waals surface area contributed by atoms with Gasteiger partial charge in [0.1, 0.15) is 6.61 Å². The van der Waals surface area contributed by atoms with Crippen LogP contribution in [0.15, 0.2) is 36.9 Å². The van der Waals surface area contributed by atoms with Crippen molar-refractivity contribution in [3.8, 4) is 0 Å². The van der Waals surface area contributed by atoms with Gasteiger partial charge in [-0.1, -0.05) is 24.8 Å². The Bertz CT molecular complexity index is 349. The number of ether oxygens (including phenoxy) is 1. The topological polar surface area (TPSA) is 58.6 Å². The van der Waals surface area contributed by atoms with E-state index < -0.39 is 6.09 Å².